The fraction of sp³-hybridized carbons (Fsp3) is 0.300. The van der Waals surface area contributed by atoms with Crippen molar-refractivity contribution in [2.45, 2.75) is 12.8 Å². The Bertz CT molecular complexity index is 395. The Balaban J connectivity index is 3.24. The predicted octanol–water partition coefficient (Wildman–Crippen LogP) is 1.91. The lowest BCUT2D eigenvalue weighted by molar-refractivity contribution is -0.138. The van der Waals surface area contributed by atoms with Gasteiger partial charge in [-0.2, -0.15) is 0 Å². The molecular weight excluding hydrogens is 221 g/mol. The third-order valence-corrected chi connectivity index (χ3v) is 2.51. The third-order valence-electron chi connectivity index (χ3n) is 2.22. The number of aryl methyl sites for hydroxylation is 1. The summed E-state index contributed by atoms with van der Waals surface area (Å²) in [7, 11) is 0. The van der Waals surface area contributed by atoms with Crippen LogP contribution in [0, 0.1) is 12.7 Å². The van der Waals surface area contributed by atoms with Gasteiger partial charge < -0.3 is 10.8 Å². The Kier molecular flexibility index (Phi) is 3.66. The highest BCUT2D eigenvalue weighted by atomic mass is 35.5. The second-order valence-electron chi connectivity index (χ2n) is 3.25. The number of rotatable bonds is 3. The maximum absolute atomic E-state index is 13.0. The summed E-state index contributed by atoms with van der Waals surface area (Å²) in [5.74, 6) is -2.44. The van der Waals surface area contributed by atoms with Gasteiger partial charge in [0.1, 0.15) is 5.82 Å². The molecule has 15 heavy (non-hydrogen) atoms. The zero-order valence-electron chi connectivity index (χ0n) is 8.13. The van der Waals surface area contributed by atoms with Crippen LogP contribution < -0.4 is 5.73 Å². The Hall–Kier alpha value is -1.13. The number of aliphatic carboxylic acids is 1. The Morgan fingerprint density at radius 2 is 2.27 bits per heavy atom. The van der Waals surface area contributed by atoms with E-state index >= 15 is 0 Å². The minimum Gasteiger partial charge on any atom is -0.481 e. The zero-order valence-corrected chi connectivity index (χ0v) is 8.88. The van der Waals surface area contributed by atoms with Gasteiger partial charge >= 0.3 is 5.97 Å². The Labute approximate surface area is 91.7 Å². The molecule has 0 fully saturated rings. The highest BCUT2D eigenvalue weighted by molar-refractivity contribution is 6.30. The van der Waals surface area contributed by atoms with E-state index in [9.17, 15) is 9.18 Å². The summed E-state index contributed by atoms with van der Waals surface area (Å²) in [6.07, 6.45) is 0. The van der Waals surface area contributed by atoms with Crippen LogP contribution in [0.2, 0.25) is 5.02 Å². The van der Waals surface area contributed by atoms with Gasteiger partial charge in [0.2, 0.25) is 0 Å². The average molecular weight is 232 g/mol. The molecule has 5 heteroatoms. The molecule has 0 radical (unpaired) electrons. The van der Waals surface area contributed by atoms with E-state index in [4.69, 9.17) is 22.4 Å². The van der Waals surface area contributed by atoms with Gasteiger partial charge in [0, 0.05) is 6.54 Å². The molecule has 0 aliphatic heterocycles. The van der Waals surface area contributed by atoms with E-state index in [1.54, 1.807) is 6.92 Å². The van der Waals surface area contributed by atoms with Crippen molar-refractivity contribution >= 4 is 17.6 Å². The van der Waals surface area contributed by atoms with Gasteiger partial charge in [-0.05, 0) is 30.2 Å². The van der Waals surface area contributed by atoms with E-state index in [1.165, 1.54) is 12.1 Å². The van der Waals surface area contributed by atoms with E-state index < -0.39 is 17.7 Å². The molecule has 0 aromatic heterocycles. The van der Waals surface area contributed by atoms with Gasteiger partial charge in [0.05, 0.1) is 10.9 Å². The Morgan fingerprint density at radius 3 is 2.73 bits per heavy atom. The highest BCUT2D eigenvalue weighted by Crippen LogP contribution is 2.25. The molecule has 82 valence electrons. The van der Waals surface area contributed by atoms with Crippen molar-refractivity contribution in [1.29, 1.82) is 0 Å². The molecule has 0 saturated carbocycles. The fourth-order valence-corrected chi connectivity index (χ4v) is 1.57. The van der Waals surface area contributed by atoms with E-state index in [0.29, 0.717) is 11.1 Å². The minimum atomic E-state index is -1.04. The lowest BCUT2D eigenvalue weighted by atomic mass is 9.95. The Morgan fingerprint density at radius 1 is 1.67 bits per heavy atom. The van der Waals surface area contributed by atoms with Crippen LogP contribution >= 0.6 is 11.6 Å². The number of carboxylic acids is 1. The molecule has 3 N–H and O–H groups in total. The first-order valence-corrected chi connectivity index (χ1v) is 4.73. The molecule has 0 saturated heterocycles. The first-order chi connectivity index (χ1) is 6.97. The predicted molar refractivity (Wildman–Crippen MR) is 55.6 cm³/mol. The van der Waals surface area contributed by atoms with Crippen molar-refractivity contribution in [3.8, 4) is 0 Å². The molecule has 0 aliphatic carbocycles. The molecule has 3 nitrogen and oxygen atoms in total. The maximum atomic E-state index is 13.0. The van der Waals surface area contributed by atoms with Gasteiger partial charge in [-0.3, -0.25) is 4.79 Å². The van der Waals surface area contributed by atoms with Crippen LogP contribution in [-0.4, -0.2) is 17.6 Å². The normalized spacial score (nSPS) is 12.5. The van der Waals surface area contributed by atoms with Crippen LogP contribution in [-0.2, 0) is 4.79 Å². The quantitative estimate of drug-likeness (QED) is 0.835. The number of nitrogens with two attached hydrogens (primary N) is 1. The molecule has 1 unspecified atom stereocenters. The lowest BCUT2D eigenvalue weighted by Gasteiger charge is -2.13. The molecule has 0 bridgehead atoms. The number of carboxylic acid groups (broad SMARTS) is 1. The third kappa shape index (κ3) is 2.46. The van der Waals surface area contributed by atoms with Crippen LogP contribution in [0.3, 0.4) is 0 Å². The van der Waals surface area contributed by atoms with Crippen molar-refractivity contribution in [2.75, 3.05) is 6.54 Å². The SMILES string of the molecule is Cc1cc(F)c(Cl)cc1C(CN)C(=O)O. The van der Waals surface area contributed by atoms with Crippen molar-refractivity contribution in [2.24, 2.45) is 5.73 Å². The molecule has 1 aromatic carbocycles. The summed E-state index contributed by atoms with van der Waals surface area (Å²) < 4.78 is 13.0. The standard InChI is InChI=1S/C10H11ClFNO2/c1-5-2-9(12)8(11)3-6(5)7(4-13)10(14)15/h2-3,7H,4,13H2,1H3,(H,14,15). The molecule has 0 amide bonds. The summed E-state index contributed by atoms with van der Waals surface area (Å²) in [6, 6.07) is 2.53. The monoisotopic (exact) mass is 231 g/mol. The van der Waals surface area contributed by atoms with Gasteiger partial charge in [-0.25, -0.2) is 4.39 Å². The van der Waals surface area contributed by atoms with Crippen LogP contribution in [0.4, 0.5) is 4.39 Å². The largest absolute Gasteiger partial charge is 0.481 e. The summed E-state index contributed by atoms with van der Waals surface area (Å²) in [5.41, 5.74) is 6.34. The first-order valence-electron chi connectivity index (χ1n) is 4.35. The summed E-state index contributed by atoms with van der Waals surface area (Å²) in [5, 5.41) is 8.81. The first kappa shape index (κ1) is 11.9. The van der Waals surface area contributed by atoms with Gasteiger partial charge in [0.25, 0.3) is 0 Å². The smallest absolute Gasteiger partial charge is 0.312 e. The van der Waals surface area contributed by atoms with Crippen molar-refractivity contribution in [1.82, 2.24) is 0 Å². The molecule has 0 spiro atoms. The number of carbonyl (C=O) groups is 1. The second kappa shape index (κ2) is 4.59. The zero-order chi connectivity index (χ0) is 11.6. The van der Waals surface area contributed by atoms with Crippen LogP contribution in [0.15, 0.2) is 12.1 Å². The van der Waals surface area contributed by atoms with Gasteiger partial charge in [-0.1, -0.05) is 11.6 Å². The number of hydrogen-bond donors (Lipinski definition) is 2. The molecule has 1 aromatic rings. The van der Waals surface area contributed by atoms with Gasteiger partial charge in [-0.15, -0.1) is 0 Å². The molecule has 1 rings (SSSR count). The lowest BCUT2D eigenvalue weighted by Crippen LogP contribution is -2.22. The minimum absolute atomic E-state index is 0.0435. The van der Waals surface area contributed by atoms with Crippen LogP contribution in [0.25, 0.3) is 0 Å². The van der Waals surface area contributed by atoms with Crippen LogP contribution in [0.1, 0.15) is 17.0 Å². The van der Waals surface area contributed by atoms with E-state index in [1.807, 2.05) is 0 Å². The average Bonchev–Trinajstić information content (AvgIpc) is 2.14. The van der Waals surface area contributed by atoms with Crippen molar-refractivity contribution in [3.05, 3.63) is 34.1 Å². The van der Waals surface area contributed by atoms with E-state index in [-0.39, 0.29) is 11.6 Å². The van der Waals surface area contributed by atoms with E-state index in [0.717, 1.165) is 0 Å². The topological polar surface area (TPSA) is 63.3 Å². The maximum Gasteiger partial charge on any atom is 0.312 e. The number of halogens is 2. The highest BCUT2D eigenvalue weighted by Gasteiger charge is 2.21. The van der Waals surface area contributed by atoms with Crippen molar-refractivity contribution in [3.63, 3.8) is 0 Å². The fourth-order valence-electron chi connectivity index (χ4n) is 1.40. The molecule has 0 heterocycles. The van der Waals surface area contributed by atoms with Crippen LogP contribution in [0.5, 0.6) is 0 Å². The van der Waals surface area contributed by atoms with E-state index in [2.05, 4.69) is 0 Å². The van der Waals surface area contributed by atoms with Crippen molar-refractivity contribution < 1.29 is 14.3 Å². The molecule has 1 atom stereocenters. The molecular formula is C10H11ClFNO2. The summed E-state index contributed by atoms with van der Waals surface area (Å²) >= 11 is 5.58. The second-order valence-corrected chi connectivity index (χ2v) is 3.66. The molecule has 0 aliphatic rings. The number of benzene rings is 1. The summed E-state index contributed by atoms with van der Waals surface area (Å²) in [6.45, 7) is 1.58. The van der Waals surface area contributed by atoms with Gasteiger partial charge in [0.15, 0.2) is 0 Å². The summed E-state index contributed by atoms with van der Waals surface area (Å²) in [4.78, 5) is 10.9. The number of hydrogen-bond acceptors (Lipinski definition) is 2.